The first-order chi connectivity index (χ1) is 10.4. The van der Waals surface area contributed by atoms with Crippen LogP contribution in [0.4, 0.5) is 13.2 Å². The smallest absolute Gasteiger partial charge is 0.408 e. The van der Waals surface area contributed by atoms with Crippen molar-refractivity contribution in [3.63, 3.8) is 0 Å². The molecule has 0 spiro atoms. The van der Waals surface area contributed by atoms with Crippen LogP contribution in [0.15, 0.2) is 18.2 Å². The van der Waals surface area contributed by atoms with E-state index >= 15 is 0 Å². The van der Waals surface area contributed by atoms with Crippen LogP contribution in [0.5, 0.6) is 11.5 Å². The average molecular weight is 313 g/mol. The summed E-state index contributed by atoms with van der Waals surface area (Å²) in [5.41, 5.74) is 0.948. The van der Waals surface area contributed by atoms with Crippen LogP contribution in [-0.4, -0.2) is 27.7 Å². The zero-order chi connectivity index (χ0) is 15.7. The summed E-state index contributed by atoms with van der Waals surface area (Å²) in [4.78, 5) is 4.08. The minimum absolute atomic E-state index is 0.192. The van der Waals surface area contributed by atoms with Crippen molar-refractivity contribution in [3.05, 3.63) is 35.4 Å². The maximum Gasteiger partial charge on any atom is 0.408 e. The third-order valence-electron chi connectivity index (χ3n) is 3.26. The Morgan fingerprint density at radius 2 is 1.95 bits per heavy atom. The topological polar surface area (TPSA) is 49.2 Å². The average Bonchev–Trinajstić information content (AvgIpc) is 3.00. The van der Waals surface area contributed by atoms with Gasteiger partial charge in [-0.15, -0.1) is 0 Å². The SMILES string of the molecule is Cc1nc(CCc2ccc3c(c2)OCO3)n(CC(F)(F)F)n1. The Kier molecular flexibility index (Phi) is 3.67. The molecule has 0 bridgehead atoms. The highest BCUT2D eigenvalue weighted by atomic mass is 19.4. The molecule has 5 nitrogen and oxygen atoms in total. The number of aromatic nitrogens is 3. The van der Waals surface area contributed by atoms with Crippen molar-refractivity contribution in [2.75, 3.05) is 6.79 Å². The Labute approximate surface area is 124 Å². The number of rotatable bonds is 4. The van der Waals surface area contributed by atoms with Crippen molar-refractivity contribution in [2.24, 2.45) is 0 Å². The van der Waals surface area contributed by atoms with Crippen molar-refractivity contribution >= 4 is 0 Å². The zero-order valence-electron chi connectivity index (χ0n) is 11.9. The normalized spacial score (nSPS) is 13.6. The minimum atomic E-state index is -4.31. The molecule has 0 saturated carbocycles. The van der Waals surface area contributed by atoms with Crippen LogP contribution in [0.2, 0.25) is 0 Å². The monoisotopic (exact) mass is 313 g/mol. The standard InChI is InChI=1S/C14H14F3N3O2/c1-9-18-13(20(19-9)7-14(15,16)17)5-3-10-2-4-11-12(6-10)22-8-21-11/h2,4,6H,3,5,7-8H2,1H3. The molecule has 0 unspecified atom stereocenters. The number of hydrogen-bond acceptors (Lipinski definition) is 4. The third kappa shape index (κ3) is 3.32. The van der Waals surface area contributed by atoms with Gasteiger partial charge in [-0.3, -0.25) is 0 Å². The van der Waals surface area contributed by atoms with Gasteiger partial charge in [-0.2, -0.15) is 18.3 Å². The van der Waals surface area contributed by atoms with Crippen LogP contribution >= 0.6 is 0 Å². The fraction of sp³-hybridized carbons (Fsp3) is 0.429. The van der Waals surface area contributed by atoms with Gasteiger partial charge in [0.1, 0.15) is 18.2 Å². The van der Waals surface area contributed by atoms with E-state index in [1.54, 1.807) is 13.0 Å². The molecule has 118 valence electrons. The fourth-order valence-corrected chi connectivity index (χ4v) is 2.33. The first-order valence-electron chi connectivity index (χ1n) is 6.76. The fourth-order valence-electron chi connectivity index (χ4n) is 2.33. The Morgan fingerprint density at radius 3 is 2.73 bits per heavy atom. The van der Waals surface area contributed by atoms with E-state index < -0.39 is 12.7 Å². The number of alkyl halides is 3. The molecule has 1 aliphatic heterocycles. The van der Waals surface area contributed by atoms with Crippen LogP contribution in [0.3, 0.4) is 0 Å². The molecule has 0 N–H and O–H groups in total. The van der Waals surface area contributed by atoms with Gasteiger partial charge in [0.25, 0.3) is 0 Å². The lowest BCUT2D eigenvalue weighted by Crippen LogP contribution is -2.21. The van der Waals surface area contributed by atoms with Gasteiger partial charge in [0.2, 0.25) is 6.79 Å². The van der Waals surface area contributed by atoms with Crippen LogP contribution in [0, 0.1) is 6.92 Å². The number of nitrogens with zero attached hydrogens (tertiary/aromatic N) is 3. The van der Waals surface area contributed by atoms with Gasteiger partial charge in [-0.05, 0) is 31.0 Å². The second-order valence-corrected chi connectivity index (χ2v) is 5.04. The molecule has 1 aliphatic rings. The maximum absolute atomic E-state index is 12.5. The highest BCUT2D eigenvalue weighted by molar-refractivity contribution is 5.44. The van der Waals surface area contributed by atoms with Crippen molar-refractivity contribution in [2.45, 2.75) is 32.5 Å². The first kappa shape index (κ1) is 14.7. The van der Waals surface area contributed by atoms with Crippen molar-refractivity contribution < 1.29 is 22.6 Å². The van der Waals surface area contributed by atoms with Gasteiger partial charge >= 0.3 is 6.18 Å². The molecule has 2 aromatic rings. The van der Waals surface area contributed by atoms with E-state index in [0.29, 0.717) is 36.0 Å². The van der Waals surface area contributed by atoms with Gasteiger partial charge < -0.3 is 9.47 Å². The zero-order valence-corrected chi connectivity index (χ0v) is 11.9. The number of hydrogen-bond donors (Lipinski definition) is 0. The molecule has 0 radical (unpaired) electrons. The quantitative estimate of drug-likeness (QED) is 0.871. The predicted molar refractivity (Wildman–Crippen MR) is 70.8 cm³/mol. The number of ether oxygens (including phenoxy) is 2. The number of aryl methyl sites for hydroxylation is 3. The van der Waals surface area contributed by atoms with E-state index in [9.17, 15) is 13.2 Å². The molecule has 0 saturated heterocycles. The van der Waals surface area contributed by atoms with Crippen molar-refractivity contribution in [1.29, 1.82) is 0 Å². The molecule has 8 heteroatoms. The summed E-state index contributed by atoms with van der Waals surface area (Å²) in [6.45, 7) is 0.652. The van der Waals surface area contributed by atoms with E-state index in [1.807, 2.05) is 12.1 Å². The molecule has 22 heavy (non-hydrogen) atoms. The van der Waals surface area contributed by atoms with Crippen LogP contribution in [0.1, 0.15) is 17.2 Å². The number of halogens is 3. The number of fused-ring (bicyclic) bond motifs is 1. The van der Waals surface area contributed by atoms with Gasteiger partial charge in [0.15, 0.2) is 11.5 Å². The third-order valence-corrected chi connectivity index (χ3v) is 3.26. The summed E-state index contributed by atoms with van der Waals surface area (Å²) in [6, 6.07) is 5.49. The van der Waals surface area contributed by atoms with Gasteiger partial charge in [0, 0.05) is 6.42 Å². The first-order valence-corrected chi connectivity index (χ1v) is 6.76. The van der Waals surface area contributed by atoms with Gasteiger partial charge in [0.05, 0.1) is 0 Å². The van der Waals surface area contributed by atoms with Gasteiger partial charge in [-0.25, -0.2) is 9.67 Å². The van der Waals surface area contributed by atoms with E-state index in [2.05, 4.69) is 10.1 Å². The summed E-state index contributed by atoms with van der Waals surface area (Å²) in [7, 11) is 0. The lowest BCUT2D eigenvalue weighted by atomic mass is 10.1. The molecule has 0 atom stereocenters. The summed E-state index contributed by atoms with van der Waals surface area (Å²) in [5, 5.41) is 3.81. The van der Waals surface area contributed by atoms with Crippen LogP contribution in [-0.2, 0) is 19.4 Å². The largest absolute Gasteiger partial charge is 0.454 e. The molecule has 1 aromatic heterocycles. The minimum Gasteiger partial charge on any atom is -0.454 e. The Balaban J connectivity index is 1.71. The molecule has 2 heterocycles. The second-order valence-electron chi connectivity index (χ2n) is 5.04. The van der Waals surface area contributed by atoms with Gasteiger partial charge in [-0.1, -0.05) is 6.07 Å². The molecular weight excluding hydrogens is 299 g/mol. The Hall–Kier alpha value is -2.25. The van der Waals surface area contributed by atoms with Crippen molar-refractivity contribution in [1.82, 2.24) is 14.8 Å². The Bertz CT molecular complexity index is 682. The molecule has 0 amide bonds. The summed E-state index contributed by atoms with van der Waals surface area (Å²) in [5.74, 6) is 2.00. The van der Waals surface area contributed by atoms with Crippen LogP contribution < -0.4 is 9.47 Å². The molecule has 3 rings (SSSR count). The lowest BCUT2D eigenvalue weighted by molar-refractivity contribution is -0.143. The second kappa shape index (κ2) is 5.51. The number of benzene rings is 1. The highest BCUT2D eigenvalue weighted by Gasteiger charge is 2.30. The maximum atomic E-state index is 12.5. The molecule has 0 fully saturated rings. The van der Waals surface area contributed by atoms with Crippen LogP contribution in [0.25, 0.3) is 0 Å². The Morgan fingerprint density at radius 1 is 1.18 bits per heavy atom. The summed E-state index contributed by atoms with van der Waals surface area (Å²) in [6.07, 6.45) is -3.39. The molecular formula is C14H14F3N3O2. The lowest BCUT2D eigenvalue weighted by Gasteiger charge is -2.09. The summed E-state index contributed by atoms with van der Waals surface area (Å²) >= 11 is 0. The summed E-state index contributed by atoms with van der Waals surface area (Å²) < 4.78 is 49.0. The van der Waals surface area contributed by atoms with E-state index in [-0.39, 0.29) is 6.79 Å². The predicted octanol–water partition coefficient (Wildman–Crippen LogP) is 2.66. The molecule has 1 aromatic carbocycles. The van der Waals surface area contributed by atoms with E-state index in [4.69, 9.17) is 9.47 Å². The van der Waals surface area contributed by atoms with E-state index in [1.165, 1.54) is 0 Å². The molecule has 0 aliphatic carbocycles. The van der Waals surface area contributed by atoms with E-state index in [0.717, 1.165) is 10.2 Å². The highest BCUT2D eigenvalue weighted by Crippen LogP contribution is 2.32. The van der Waals surface area contributed by atoms with Crippen molar-refractivity contribution in [3.8, 4) is 11.5 Å².